The minimum atomic E-state index is -0.193. The second kappa shape index (κ2) is 8.82. The molecule has 0 radical (unpaired) electrons. The molecule has 3 aromatic carbocycles. The summed E-state index contributed by atoms with van der Waals surface area (Å²) in [6.07, 6.45) is 3.13. The third kappa shape index (κ3) is 3.96. The van der Waals surface area contributed by atoms with E-state index in [1.54, 1.807) is 58.3 Å². The summed E-state index contributed by atoms with van der Waals surface area (Å²) in [5.41, 5.74) is 1.88. The number of ketones is 1. The summed E-state index contributed by atoms with van der Waals surface area (Å²) in [6.45, 7) is 0.978. The highest BCUT2D eigenvalue weighted by molar-refractivity contribution is 6.15. The second-order valence-corrected chi connectivity index (χ2v) is 8.26. The first-order valence-electron chi connectivity index (χ1n) is 11.1. The minimum absolute atomic E-state index is 0.0976. The molecular weight excluding hydrogens is 414 g/mol. The van der Waals surface area contributed by atoms with Gasteiger partial charge in [-0.25, -0.2) is 4.98 Å². The van der Waals surface area contributed by atoms with Crippen LogP contribution in [-0.2, 0) is 0 Å². The number of piperidine rings is 1. The largest absolute Gasteiger partial charge is 0.337 e. The third-order valence-electron chi connectivity index (χ3n) is 6.21. The molecule has 0 spiro atoms. The summed E-state index contributed by atoms with van der Waals surface area (Å²) in [7, 11) is 0. The van der Waals surface area contributed by atoms with E-state index in [-0.39, 0.29) is 23.3 Å². The standard InChI is InChI=1S/C27H23N3O3/c31-25(19-9-2-1-3-10-19)21-12-4-5-13-22(21)26(32)29-16-8-11-20(17-29)30-18-28-24-15-7-6-14-23(24)27(30)33/h1-7,9-10,12-15,18,20H,8,11,16-17H2/t20-/m1/s1. The van der Waals surface area contributed by atoms with Crippen LogP contribution in [0, 0.1) is 0 Å². The first-order valence-corrected chi connectivity index (χ1v) is 11.1. The van der Waals surface area contributed by atoms with E-state index in [0.29, 0.717) is 40.7 Å². The molecule has 33 heavy (non-hydrogen) atoms. The molecule has 5 rings (SSSR count). The maximum absolute atomic E-state index is 13.5. The first kappa shape index (κ1) is 20.8. The van der Waals surface area contributed by atoms with Crippen molar-refractivity contribution in [3.8, 4) is 0 Å². The highest BCUT2D eigenvalue weighted by Gasteiger charge is 2.28. The number of nitrogens with zero attached hydrogens (tertiary/aromatic N) is 3. The van der Waals surface area contributed by atoms with Crippen LogP contribution in [0.25, 0.3) is 10.9 Å². The van der Waals surface area contributed by atoms with Crippen LogP contribution < -0.4 is 5.56 Å². The molecule has 1 aliphatic rings. The first-order chi connectivity index (χ1) is 16.1. The van der Waals surface area contributed by atoms with Crippen molar-refractivity contribution in [3.05, 3.63) is 112 Å². The van der Waals surface area contributed by atoms with Gasteiger partial charge in [0, 0.05) is 24.2 Å². The van der Waals surface area contributed by atoms with E-state index in [4.69, 9.17) is 0 Å². The summed E-state index contributed by atoms with van der Waals surface area (Å²) >= 11 is 0. The van der Waals surface area contributed by atoms with Crippen molar-refractivity contribution >= 4 is 22.6 Å². The normalized spacial score (nSPS) is 16.0. The van der Waals surface area contributed by atoms with Gasteiger partial charge in [-0.05, 0) is 31.0 Å². The molecule has 2 heterocycles. The number of likely N-dealkylation sites (tertiary alicyclic amines) is 1. The topological polar surface area (TPSA) is 72.3 Å². The maximum atomic E-state index is 13.5. The van der Waals surface area contributed by atoms with E-state index in [9.17, 15) is 14.4 Å². The molecule has 6 heteroatoms. The molecule has 164 valence electrons. The number of carbonyl (C=O) groups is 2. The average Bonchev–Trinajstić information content (AvgIpc) is 2.89. The number of fused-ring (bicyclic) bond motifs is 1. The van der Waals surface area contributed by atoms with Crippen molar-refractivity contribution in [2.24, 2.45) is 0 Å². The van der Waals surface area contributed by atoms with Gasteiger partial charge < -0.3 is 4.90 Å². The van der Waals surface area contributed by atoms with E-state index < -0.39 is 0 Å². The van der Waals surface area contributed by atoms with Crippen LogP contribution in [0.2, 0.25) is 0 Å². The zero-order valence-electron chi connectivity index (χ0n) is 18.1. The second-order valence-electron chi connectivity index (χ2n) is 8.26. The predicted molar refractivity (Wildman–Crippen MR) is 126 cm³/mol. The molecule has 1 atom stereocenters. The van der Waals surface area contributed by atoms with Gasteiger partial charge in [-0.1, -0.05) is 60.7 Å². The monoisotopic (exact) mass is 437 g/mol. The molecule has 6 nitrogen and oxygen atoms in total. The van der Waals surface area contributed by atoms with Gasteiger partial charge in [-0.15, -0.1) is 0 Å². The van der Waals surface area contributed by atoms with Crippen molar-refractivity contribution < 1.29 is 9.59 Å². The van der Waals surface area contributed by atoms with Crippen molar-refractivity contribution in [1.82, 2.24) is 14.5 Å². The predicted octanol–water partition coefficient (Wildman–Crippen LogP) is 4.10. The Kier molecular flexibility index (Phi) is 5.57. The van der Waals surface area contributed by atoms with Crippen molar-refractivity contribution in [2.45, 2.75) is 18.9 Å². The summed E-state index contributed by atoms with van der Waals surface area (Å²) in [5.74, 6) is -0.371. The van der Waals surface area contributed by atoms with Gasteiger partial charge in [-0.3, -0.25) is 19.0 Å². The fraction of sp³-hybridized carbons (Fsp3) is 0.185. The van der Waals surface area contributed by atoms with Crippen LogP contribution >= 0.6 is 0 Å². The number of hydrogen-bond donors (Lipinski definition) is 0. The molecule has 4 aromatic rings. The number of amides is 1. The third-order valence-corrected chi connectivity index (χ3v) is 6.21. The van der Waals surface area contributed by atoms with Crippen LogP contribution in [-0.4, -0.2) is 39.2 Å². The molecule has 1 fully saturated rings. The van der Waals surface area contributed by atoms with Gasteiger partial charge in [0.05, 0.1) is 28.8 Å². The van der Waals surface area contributed by atoms with Gasteiger partial charge in [-0.2, -0.15) is 0 Å². The molecule has 1 aromatic heterocycles. The van der Waals surface area contributed by atoms with Gasteiger partial charge in [0.2, 0.25) is 0 Å². The number of carbonyl (C=O) groups excluding carboxylic acids is 2. The summed E-state index contributed by atoms with van der Waals surface area (Å²) < 4.78 is 1.64. The SMILES string of the molecule is O=C(c1ccccc1)c1ccccc1C(=O)N1CCC[C@@H](n2cnc3ccccc3c2=O)C1. The van der Waals surface area contributed by atoms with Gasteiger partial charge in [0.15, 0.2) is 5.78 Å². The highest BCUT2D eigenvalue weighted by atomic mass is 16.2. The number of rotatable bonds is 4. The number of para-hydroxylation sites is 1. The highest BCUT2D eigenvalue weighted by Crippen LogP contribution is 2.24. The van der Waals surface area contributed by atoms with E-state index in [1.807, 2.05) is 36.4 Å². The van der Waals surface area contributed by atoms with Crippen molar-refractivity contribution in [3.63, 3.8) is 0 Å². The Bertz CT molecular complexity index is 1390. The van der Waals surface area contributed by atoms with Crippen LogP contribution in [0.1, 0.15) is 45.2 Å². The summed E-state index contributed by atoms with van der Waals surface area (Å²) in [5, 5.41) is 0.572. The van der Waals surface area contributed by atoms with Crippen molar-refractivity contribution in [1.29, 1.82) is 0 Å². The summed E-state index contributed by atoms with van der Waals surface area (Å²) in [4.78, 5) is 45.8. The minimum Gasteiger partial charge on any atom is -0.337 e. The number of aromatic nitrogens is 2. The van der Waals surface area contributed by atoms with Crippen LogP contribution in [0.4, 0.5) is 0 Å². The zero-order chi connectivity index (χ0) is 22.8. The molecule has 0 bridgehead atoms. The lowest BCUT2D eigenvalue weighted by molar-refractivity contribution is 0.0674. The van der Waals surface area contributed by atoms with Crippen molar-refractivity contribution in [2.75, 3.05) is 13.1 Å². The lowest BCUT2D eigenvalue weighted by Crippen LogP contribution is -2.43. The molecule has 0 saturated carbocycles. The Morgan fingerprint density at radius 3 is 2.36 bits per heavy atom. The molecule has 0 aliphatic carbocycles. The zero-order valence-corrected chi connectivity index (χ0v) is 18.1. The lowest BCUT2D eigenvalue weighted by Gasteiger charge is -2.34. The number of hydrogen-bond acceptors (Lipinski definition) is 4. The van der Waals surface area contributed by atoms with E-state index in [0.717, 1.165) is 12.8 Å². The van der Waals surface area contributed by atoms with E-state index >= 15 is 0 Å². The van der Waals surface area contributed by atoms with E-state index in [2.05, 4.69) is 4.98 Å². The van der Waals surface area contributed by atoms with Crippen LogP contribution in [0.5, 0.6) is 0 Å². The van der Waals surface area contributed by atoms with Gasteiger partial charge >= 0.3 is 0 Å². The Morgan fingerprint density at radius 2 is 1.55 bits per heavy atom. The molecule has 0 unspecified atom stereocenters. The number of benzene rings is 3. The fourth-order valence-corrected chi connectivity index (χ4v) is 4.49. The molecule has 1 aliphatic heterocycles. The summed E-state index contributed by atoms with van der Waals surface area (Å²) in [6, 6.07) is 23.0. The quantitative estimate of drug-likeness (QED) is 0.451. The van der Waals surface area contributed by atoms with Crippen LogP contribution in [0.15, 0.2) is 90.0 Å². The van der Waals surface area contributed by atoms with Gasteiger partial charge in [0.25, 0.3) is 11.5 Å². The van der Waals surface area contributed by atoms with E-state index in [1.165, 1.54) is 0 Å². The molecule has 0 N–H and O–H groups in total. The Hall–Kier alpha value is -4.06. The van der Waals surface area contributed by atoms with Crippen LogP contribution in [0.3, 0.4) is 0 Å². The maximum Gasteiger partial charge on any atom is 0.261 e. The smallest absolute Gasteiger partial charge is 0.261 e. The lowest BCUT2D eigenvalue weighted by atomic mass is 9.96. The Balaban J connectivity index is 1.44. The Labute approximate surface area is 191 Å². The molecule has 1 saturated heterocycles. The molecular formula is C27H23N3O3. The van der Waals surface area contributed by atoms with Gasteiger partial charge in [0.1, 0.15) is 0 Å². The Morgan fingerprint density at radius 1 is 0.848 bits per heavy atom. The molecule has 1 amide bonds. The average molecular weight is 437 g/mol. The fourth-order valence-electron chi connectivity index (χ4n) is 4.49.